The maximum absolute atomic E-state index is 6.48. The van der Waals surface area contributed by atoms with Crippen molar-refractivity contribution in [3.05, 3.63) is 169 Å². The van der Waals surface area contributed by atoms with E-state index in [0.29, 0.717) is 28.9 Å². The van der Waals surface area contributed by atoms with Crippen LogP contribution in [0.3, 0.4) is 0 Å². The average Bonchev–Trinajstić information content (AvgIpc) is 3.94. The lowest BCUT2D eigenvalue weighted by molar-refractivity contribution is 0.619. The fraction of sp³-hybridized carbons (Fsp3) is 0.0588. The molecule has 6 nitrogen and oxygen atoms in total. The highest BCUT2D eigenvalue weighted by Crippen LogP contribution is 2.49. The summed E-state index contributed by atoms with van der Waals surface area (Å²) in [6.07, 6.45) is 0. The molecule has 0 atom stereocenters. The summed E-state index contributed by atoms with van der Waals surface area (Å²) in [6.45, 7) is 4.60. The molecule has 0 bridgehead atoms. The third kappa shape index (κ3) is 4.77. The molecule has 0 saturated carbocycles. The van der Waals surface area contributed by atoms with Gasteiger partial charge in [0.05, 0.1) is 5.39 Å². The Labute approximate surface area is 327 Å². The molecule has 268 valence electrons. The van der Waals surface area contributed by atoms with Gasteiger partial charge in [-0.3, -0.25) is 0 Å². The molecule has 11 aromatic rings. The molecule has 1 aliphatic carbocycles. The number of fused-ring (bicyclic) bond motifs is 11. The molecule has 8 aromatic carbocycles. The van der Waals surface area contributed by atoms with Crippen LogP contribution in [-0.4, -0.2) is 19.9 Å². The molecule has 3 aromatic heterocycles. The molecule has 0 spiro atoms. The topological polar surface area (TPSA) is 77.8 Å². The van der Waals surface area contributed by atoms with E-state index in [4.69, 9.17) is 28.8 Å². The maximum Gasteiger partial charge on any atom is 0.227 e. The van der Waals surface area contributed by atoms with Gasteiger partial charge in [0.1, 0.15) is 16.7 Å². The minimum absolute atomic E-state index is 0.162. The Bertz CT molecular complexity index is 3450. The standard InChI is InChI=1S/C51H32N4O2/c1-51(2)39-18-9-8-16-35(39)36-23-21-33(28-40(36)51)48-53-47(54-49(55-48)37-17-10-14-29-11-6-7-15-34(29)37)32-20-19-30-22-24-41-44(38(30)27-32)45-42(56-41)25-26-43-46(45)52-50(57-43)31-12-4-3-5-13-31/h3-28H,1-2H3. The van der Waals surface area contributed by atoms with E-state index >= 15 is 0 Å². The Hall–Kier alpha value is -7.44. The van der Waals surface area contributed by atoms with Gasteiger partial charge >= 0.3 is 0 Å². The van der Waals surface area contributed by atoms with Crippen molar-refractivity contribution >= 4 is 54.6 Å². The Kier molecular flexibility index (Phi) is 6.59. The van der Waals surface area contributed by atoms with E-state index < -0.39 is 0 Å². The SMILES string of the molecule is CC1(C)c2ccccc2-c2ccc(-c3nc(-c4ccc5ccc6oc7ccc8oc(-c9ccccc9)nc8c7c6c5c4)nc(-c4cccc5ccccc45)n3)cc21. The highest BCUT2D eigenvalue weighted by Gasteiger charge is 2.35. The molecule has 0 saturated heterocycles. The number of oxazole rings is 1. The summed E-state index contributed by atoms with van der Waals surface area (Å²) >= 11 is 0. The normalized spacial score (nSPS) is 13.2. The molecule has 3 heterocycles. The van der Waals surface area contributed by atoms with E-state index in [2.05, 4.69) is 123 Å². The Balaban J connectivity index is 1.08. The van der Waals surface area contributed by atoms with Crippen LogP contribution in [0.2, 0.25) is 0 Å². The first-order chi connectivity index (χ1) is 28.0. The molecule has 12 rings (SSSR count). The number of aromatic nitrogens is 4. The third-order valence-electron chi connectivity index (χ3n) is 11.8. The van der Waals surface area contributed by atoms with E-state index in [1.807, 2.05) is 48.5 Å². The smallest absolute Gasteiger partial charge is 0.227 e. The average molecular weight is 733 g/mol. The van der Waals surface area contributed by atoms with Crippen LogP contribution < -0.4 is 0 Å². The van der Waals surface area contributed by atoms with Crippen LogP contribution >= 0.6 is 0 Å². The lowest BCUT2D eigenvalue weighted by Crippen LogP contribution is -2.15. The van der Waals surface area contributed by atoms with Crippen molar-refractivity contribution in [1.82, 2.24) is 19.9 Å². The zero-order valence-electron chi connectivity index (χ0n) is 31.1. The molecule has 0 amide bonds. The summed E-state index contributed by atoms with van der Waals surface area (Å²) in [5, 5.41) is 6.21. The van der Waals surface area contributed by atoms with Gasteiger partial charge in [-0.05, 0) is 86.3 Å². The van der Waals surface area contributed by atoms with E-state index in [9.17, 15) is 0 Å². The van der Waals surface area contributed by atoms with Crippen molar-refractivity contribution in [2.45, 2.75) is 19.3 Å². The molecule has 0 radical (unpaired) electrons. The number of furan rings is 1. The number of hydrogen-bond donors (Lipinski definition) is 0. The molecule has 57 heavy (non-hydrogen) atoms. The quantitative estimate of drug-likeness (QED) is 0.179. The first kappa shape index (κ1) is 31.9. The second-order valence-electron chi connectivity index (χ2n) is 15.4. The van der Waals surface area contributed by atoms with Gasteiger partial charge in [0, 0.05) is 33.1 Å². The highest BCUT2D eigenvalue weighted by atomic mass is 16.4. The number of rotatable bonds is 4. The molecule has 0 fully saturated rings. The van der Waals surface area contributed by atoms with Crippen LogP contribution in [0.15, 0.2) is 167 Å². The van der Waals surface area contributed by atoms with Gasteiger partial charge in [-0.15, -0.1) is 0 Å². The minimum Gasteiger partial charge on any atom is -0.456 e. The van der Waals surface area contributed by atoms with Crippen LogP contribution in [0.5, 0.6) is 0 Å². The molecular weight excluding hydrogens is 701 g/mol. The van der Waals surface area contributed by atoms with Gasteiger partial charge in [-0.1, -0.05) is 129 Å². The lowest BCUT2D eigenvalue weighted by Gasteiger charge is -2.21. The van der Waals surface area contributed by atoms with E-state index in [1.165, 1.54) is 22.3 Å². The molecule has 0 N–H and O–H groups in total. The summed E-state index contributed by atoms with van der Waals surface area (Å²) in [5.74, 6) is 2.42. The van der Waals surface area contributed by atoms with Gasteiger partial charge in [-0.2, -0.15) is 0 Å². The molecule has 1 aliphatic rings. The predicted octanol–water partition coefficient (Wildman–Crippen LogP) is 13.2. The predicted molar refractivity (Wildman–Crippen MR) is 229 cm³/mol. The molecule has 0 unspecified atom stereocenters. The van der Waals surface area contributed by atoms with Crippen LogP contribution in [0.4, 0.5) is 0 Å². The second kappa shape index (κ2) is 11.8. The summed E-state index contributed by atoms with van der Waals surface area (Å²) in [4.78, 5) is 20.7. The van der Waals surface area contributed by atoms with Crippen molar-refractivity contribution in [1.29, 1.82) is 0 Å². The lowest BCUT2D eigenvalue weighted by atomic mass is 9.82. The van der Waals surface area contributed by atoms with E-state index in [1.54, 1.807) is 0 Å². The maximum atomic E-state index is 6.48. The van der Waals surface area contributed by atoms with Gasteiger partial charge in [0.15, 0.2) is 23.1 Å². The monoisotopic (exact) mass is 732 g/mol. The minimum atomic E-state index is -0.162. The highest BCUT2D eigenvalue weighted by molar-refractivity contribution is 6.25. The molecular formula is C51H32N4O2. The fourth-order valence-electron chi connectivity index (χ4n) is 8.92. The van der Waals surface area contributed by atoms with E-state index in [0.717, 1.165) is 71.3 Å². The first-order valence-corrected chi connectivity index (χ1v) is 19.2. The van der Waals surface area contributed by atoms with Crippen molar-refractivity contribution < 1.29 is 8.83 Å². The van der Waals surface area contributed by atoms with Crippen LogP contribution in [0.1, 0.15) is 25.0 Å². The second-order valence-corrected chi connectivity index (χ2v) is 15.4. The first-order valence-electron chi connectivity index (χ1n) is 19.2. The number of nitrogens with zero attached hydrogens (tertiary/aromatic N) is 4. The Morgan fingerprint density at radius 2 is 1.04 bits per heavy atom. The summed E-state index contributed by atoms with van der Waals surface area (Å²) in [5.41, 5.74) is 11.7. The van der Waals surface area contributed by atoms with Gasteiger partial charge in [-0.25, -0.2) is 19.9 Å². The van der Waals surface area contributed by atoms with Crippen molar-refractivity contribution in [3.63, 3.8) is 0 Å². The van der Waals surface area contributed by atoms with Gasteiger partial charge < -0.3 is 8.83 Å². The fourth-order valence-corrected chi connectivity index (χ4v) is 8.92. The largest absolute Gasteiger partial charge is 0.456 e. The molecule has 0 aliphatic heterocycles. The zero-order chi connectivity index (χ0) is 37.8. The number of hydrogen-bond acceptors (Lipinski definition) is 6. The van der Waals surface area contributed by atoms with Crippen molar-refractivity contribution in [2.24, 2.45) is 0 Å². The summed E-state index contributed by atoms with van der Waals surface area (Å²) in [6, 6.07) is 54.5. The third-order valence-corrected chi connectivity index (χ3v) is 11.8. The van der Waals surface area contributed by atoms with Crippen LogP contribution in [0.25, 0.3) is 111 Å². The molecule has 6 heteroatoms. The van der Waals surface area contributed by atoms with Crippen LogP contribution in [-0.2, 0) is 5.41 Å². The van der Waals surface area contributed by atoms with Gasteiger partial charge in [0.2, 0.25) is 5.89 Å². The van der Waals surface area contributed by atoms with Crippen molar-refractivity contribution in [3.8, 4) is 56.7 Å². The summed E-state index contributed by atoms with van der Waals surface area (Å²) in [7, 11) is 0. The zero-order valence-corrected chi connectivity index (χ0v) is 31.1. The Morgan fingerprint density at radius 3 is 1.93 bits per heavy atom. The number of benzene rings is 8. The van der Waals surface area contributed by atoms with Crippen molar-refractivity contribution in [2.75, 3.05) is 0 Å². The van der Waals surface area contributed by atoms with E-state index in [-0.39, 0.29) is 5.41 Å². The van der Waals surface area contributed by atoms with Gasteiger partial charge in [0.25, 0.3) is 0 Å². The summed E-state index contributed by atoms with van der Waals surface area (Å²) < 4.78 is 12.8. The Morgan fingerprint density at radius 1 is 0.404 bits per heavy atom. The van der Waals surface area contributed by atoms with Crippen LogP contribution in [0, 0.1) is 0 Å².